The van der Waals surface area contributed by atoms with E-state index < -0.39 is 29.0 Å². The predicted octanol–water partition coefficient (Wildman–Crippen LogP) is 5.66. The van der Waals surface area contributed by atoms with Gasteiger partial charge >= 0.3 is 6.18 Å². The fraction of sp³-hybridized carbons (Fsp3) is 0.0909. The summed E-state index contributed by atoms with van der Waals surface area (Å²) in [5, 5.41) is 4.21. The molecule has 4 aromatic rings. The van der Waals surface area contributed by atoms with Gasteiger partial charge < -0.3 is 5.73 Å². The summed E-state index contributed by atoms with van der Waals surface area (Å²) in [6.07, 6.45) is -4.81. The number of hydrogen-bond acceptors (Lipinski definition) is 3. The molecular weight excluding hydrogens is 434 g/mol. The zero-order chi connectivity index (χ0) is 22.3. The third-order valence-electron chi connectivity index (χ3n) is 4.84. The molecule has 2 N–H and O–H groups in total. The van der Waals surface area contributed by atoms with Crippen LogP contribution in [0.4, 0.5) is 17.6 Å². The van der Waals surface area contributed by atoms with Gasteiger partial charge in [-0.15, -0.1) is 0 Å². The average molecular weight is 448 g/mol. The number of nitrogens with two attached hydrogens (primary N) is 1. The minimum atomic E-state index is -4.81. The van der Waals surface area contributed by atoms with Crippen molar-refractivity contribution in [2.24, 2.45) is 5.73 Å². The summed E-state index contributed by atoms with van der Waals surface area (Å²) < 4.78 is 55.9. The van der Waals surface area contributed by atoms with Crippen molar-refractivity contribution in [1.82, 2.24) is 9.78 Å². The van der Waals surface area contributed by atoms with Crippen LogP contribution in [0.5, 0.6) is 0 Å². The van der Waals surface area contributed by atoms with Gasteiger partial charge in [0.2, 0.25) is 0 Å². The molecule has 1 aromatic heterocycles. The summed E-state index contributed by atoms with van der Waals surface area (Å²) in [4.78, 5) is 13.3. The molecule has 158 valence electrons. The van der Waals surface area contributed by atoms with Crippen molar-refractivity contribution in [1.29, 1.82) is 0 Å². The minimum Gasteiger partial charge on any atom is -0.326 e. The van der Waals surface area contributed by atoms with E-state index in [0.717, 1.165) is 16.8 Å². The first kappa shape index (κ1) is 21.0. The first-order valence-electron chi connectivity index (χ1n) is 9.09. The van der Waals surface area contributed by atoms with Gasteiger partial charge in [-0.2, -0.15) is 23.0 Å². The van der Waals surface area contributed by atoms with E-state index in [-0.39, 0.29) is 28.3 Å². The molecule has 0 saturated carbocycles. The third kappa shape index (κ3) is 3.68. The fourth-order valence-corrected chi connectivity index (χ4v) is 3.63. The molecule has 0 aliphatic carbocycles. The molecule has 0 atom stereocenters. The van der Waals surface area contributed by atoms with Gasteiger partial charge in [0.25, 0.3) is 5.91 Å². The van der Waals surface area contributed by atoms with Crippen LogP contribution >= 0.6 is 11.6 Å². The van der Waals surface area contributed by atoms with Gasteiger partial charge in [-0.05, 0) is 35.9 Å². The maximum absolute atomic E-state index is 14.4. The first-order valence-corrected chi connectivity index (χ1v) is 9.47. The lowest BCUT2D eigenvalue weighted by atomic mass is 10.0. The molecular formula is C22H14ClF4N3O. The predicted molar refractivity (Wildman–Crippen MR) is 109 cm³/mol. The Bertz CT molecular complexity index is 1310. The number of halogens is 5. The van der Waals surface area contributed by atoms with Crippen LogP contribution in [-0.2, 0) is 12.7 Å². The van der Waals surface area contributed by atoms with Crippen molar-refractivity contribution >= 4 is 28.4 Å². The number of aromatic nitrogens is 2. The number of alkyl halides is 3. The van der Waals surface area contributed by atoms with E-state index in [4.69, 9.17) is 17.3 Å². The molecule has 9 heteroatoms. The Morgan fingerprint density at radius 1 is 1.06 bits per heavy atom. The van der Waals surface area contributed by atoms with Crippen LogP contribution in [0.1, 0.15) is 21.5 Å². The Morgan fingerprint density at radius 2 is 1.81 bits per heavy atom. The molecule has 31 heavy (non-hydrogen) atoms. The van der Waals surface area contributed by atoms with Crippen molar-refractivity contribution < 1.29 is 22.4 Å². The second-order valence-electron chi connectivity index (χ2n) is 6.76. The molecule has 0 spiro atoms. The van der Waals surface area contributed by atoms with E-state index in [1.54, 1.807) is 18.2 Å². The molecule has 3 aromatic carbocycles. The molecule has 0 bridgehead atoms. The standard InChI is InChI=1S/C22H14ClF4N3O/c23-16-6-3-5-15(22(25,26)27)19(16)21(31)30-18-10-12(11-28)8-9-14(18)20(29-30)13-4-1-2-7-17(13)24/h1-10H,11,28H2. The molecule has 0 saturated heterocycles. The highest BCUT2D eigenvalue weighted by atomic mass is 35.5. The number of carbonyl (C=O) groups excluding carboxylic acids is 1. The minimum absolute atomic E-state index is 0.106. The van der Waals surface area contributed by atoms with Gasteiger partial charge in [0.15, 0.2) is 0 Å². The molecule has 1 heterocycles. The van der Waals surface area contributed by atoms with E-state index in [1.165, 1.54) is 30.3 Å². The fourth-order valence-electron chi connectivity index (χ4n) is 3.38. The number of nitrogens with zero attached hydrogens (tertiary/aromatic N) is 2. The second-order valence-corrected chi connectivity index (χ2v) is 7.17. The number of carbonyl (C=O) groups is 1. The van der Waals surface area contributed by atoms with Crippen LogP contribution in [0.3, 0.4) is 0 Å². The van der Waals surface area contributed by atoms with Gasteiger partial charge in [0.05, 0.1) is 21.7 Å². The molecule has 0 aliphatic heterocycles. The summed E-state index contributed by atoms with van der Waals surface area (Å²) in [7, 11) is 0. The quantitative estimate of drug-likeness (QED) is 0.412. The highest BCUT2D eigenvalue weighted by molar-refractivity contribution is 6.34. The molecule has 4 rings (SSSR count). The van der Waals surface area contributed by atoms with Crippen LogP contribution in [0.2, 0.25) is 5.02 Å². The lowest BCUT2D eigenvalue weighted by Crippen LogP contribution is -2.20. The zero-order valence-electron chi connectivity index (χ0n) is 15.8. The molecule has 4 nitrogen and oxygen atoms in total. The number of hydrogen-bond donors (Lipinski definition) is 1. The Balaban J connectivity index is 2.01. The summed E-state index contributed by atoms with van der Waals surface area (Å²) in [5.41, 5.74) is 4.80. The normalized spacial score (nSPS) is 11.8. The Hall–Kier alpha value is -3.23. The van der Waals surface area contributed by atoms with E-state index in [1.807, 2.05) is 0 Å². The number of rotatable bonds is 3. The van der Waals surface area contributed by atoms with Gasteiger partial charge in [-0.25, -0.2) is 4.39 Å². The lowest BCUT2D eigenvalue weighted by Gasteiger charge is -2.13. The smallest absolute Gasteiger partial charge is 0.326 e. The molecule has 0 radical (unpaired) electrons. The summed E-state index contributed by atoms with van der Waals surface area (Å²) in [5.74, 6) is -1.67. The monoisotopic (exact) mass is 447 g/mol. The molecule has 0 amide bonds. The second kappa shape index (κ2) is 7.79. The molecule has 0 aliphatic rings. The average Bonchev–Trinajstić information content (AvgIpc) is 3.11. The Morgan fingerprint density at radius 3 is 2.48 bits per heavy atom. The highest BCUT2D eigenvalue weighted by Crippen LogP contribution is 2.37. The van der Waals surface area contributed by atoms with Crippen molar-refractivity contribution in [3.05, 3.63) is 88.2 Å². The van der Waals surface area contributed by atoms with Crippen molar-refractivity contribution in [3.8, 4) is 11.3 Å². The van der Waals surface area contributed by atoms with E-state index in [0.29, 0.717) is 10.9 Å². The van der Waals surface area contributed by atoms with Gasteiger partial charge in [0, 0.05) is 17.5 Å². The van der Waals surface area contributed by atoms with Gasteiger partial charge in [-0.1, -0.05) is 41.9 Å². The molecule has 0 fully saturated rings. The van der Waals surface area contributed by atoms with Crippen LogP contribution in [0.25, 0.3) is 22.2 Å². The first-order chi connectivity index (χ1) is 14.7. The van der Waals surface area contributed by atoms with Crippen LogP contribution in [0, 0.1) is 5.82 Å². The topological polar surface area (TPSA) is 60.9 Å². The Kier molecular flexibility index (Phi) is 5.28. The molecule has 0 unspecified atom stereocenters. The van der Waals surface area contributed by atoms with Crippen molar-refractivity contribution in [2.45, 2.75) is 12.7 Å². The van der Waals surface area contributed by atoms with Crippen LogP contribution < -0.4 is 5.73 Å². The summed E-state index contributed by atoms with van der Waals surface area (Å²) in [6.45, 7) is 0.129. The van der Waals surface area contributed by atoms with E-state index >= 15 is 0 Å². The lowest BCUT2D eigenvalue weighted by molar-refractivity contribution is -0.137. The number of benzene rings is 3. The van der Waals surface area contributed by atoms with Crippen molar-refractivity contribution in [2.75, 3.05) is 0 Å². The zero-order valence-corrected chi connectivity index (χ0v) is 16.5. The SMILES string of the molecule is NCc1ccc2c(-c3ccccc3F)nn(C(=O)c3c(Cl)cccc3C(F)(F)F)c2c1. The third-order valence-corrected chi connectivity index (χ3v) is 5.15. The highest BCUT2D eigenvalue weighted by Gasteiger charge is 2.37. The van der Waals surface area contributed by atoms with E-state index in [9.17, 15) is 22.4 Å². The van der Waals surface area contributed by atoms with Crippen molar-refractivity contribution in [3.63, 3.8) is 0 Å². The maximum Gasteiger partial charge on any atom is 0.417 e. The van der Waals surface area contributed by atoms with Crippen LogP contribution in [0.15, 0.2) is 60.7 Å². The van der Waals surface area contributed by atoms with Gasteiger partial charge in [-0.3, -0.25) is 4.79 Å². The van der Waals surface area contributed by atoms with Gasteiger partial charge in [0.1, 0.15) is 11.5 Å². The maximum atomic E-state index is 14.4. The number of fused-ring (bicyclic) bond motifs is 1. The summed E-state index contributed by atoms with van der Waals surface area (Å²) >= 11 is 6.00. The largest absolute Gasteiger partial charge is 0.417 e. The van der Waals surface area contributed by atoms with Crippen LogP contribution in [-0.4, -0.2) is 15.7 Å². The Labute approximate surface area is 178 Å². The summed E-state index contributed by atoms with van der Waals surface area (Å²) in [6, 6.07) is 13.7. The van der Waals surface area contributed by atoms with E-state index in [2.05, 4.69) is 5.10 Å².